The lowest BCUT2D eigenvalue weighted by Crippen LogP contribution is -2.20. The maximum atomic E-state index is 12.1. The summed E-state index contributed by atoms with van der Waals surface area (Å²) in [5, 5.41) is 7.65. The van der Waals surface area contributed by atoms with Gasteiger partial charge in [-0.2, -0.15) is 5.10 Å². The van der Waals surface area contributed by atoms with E-state index < -0.39 is 0 Å². The fraction of sp³-hybridized carbons (Fsp3) is 0.130. The van der Waals surface area contributed by atoms with Gasteiger partial charge in [0.25, 0.3) is 5.91 Å². The lowest BCUT2D eigenvalue weighted by atomic mass is 10.2. The number of nitrogens with one attached hydrogen (secondary N) is 2. The van der Waals surface area contributed by atoms with Crippen LogP contribution in [0.2, 0.25) is 5.02 Å². The first-order chi connectivity index (χ1) is 14.5. The molecule has 0 unspecified atom stereocenters. The SMILES string of the molecule is COc1cc(/C=N\Nc2ccc(Cl)cc2)ccc1OCC(=O)Nc1ccc(C)cc1. The van der Waals surface area contributed by atoms with Crippen LogP contribution in [0.4, 0.5) is 11.4 Å². The van der Waals surface area contributed by atoms with Crippen molar-refractivity contribution in [1.82, 2.24) is 0 Å². The van der Waals surface area contributed by atoms with Gasteiger partial charge < -0.3 is 14.8 Å². The first-order valence-electron chi connectivity index (χ1n) is 9.25. The Balaban J connectivity index is 1.56. The van der Waals surface area contributed by atoms with Gasteiger partial charge in [-0.25, -0.2) is 0 Å². The summed E-state index contributed by atoms with van der Waals surface area (Å²) in [6, 6.07) is 20.1. The Morgan fingerprint density at radius 2 is 1.70 bits per heavy atom. The third-order valence-corrected chi connectivity index (χ3v) is 4.39. The van der Waals surface area contributed by atoms with E-state index in [4.69, 9.17) is 21.1 Å². The van der Waals surface area contributed by atoms with Gasteiger partial charge in [-0.05, 0) is 67.1 Å². The lowest BCUT2D eigenvalue weighted by Gasteiger charge is -2.11. The maximum Gasteiger partial charge on any atom is 0.262 e. The molecule has 2 N–H and O–H groups in total. The van der Waals surface area contributed by atoms with E-state index in [1.165, 1.54) is 0 Å². The predicted octanol–water partition coefficient (Wildman–Crippen LogP) is 5.12. The van der Waals surface area contributed by atoms with Gasteiger partial charge in [-0.15, -0.1) is 0 Å². The molecular weight excluding hydrogens is 402 g/mol. The first-order valence-corrected chi connectivity index (χ1v) is 9.63. The molecule has 7 heteroatoms. The van der Waals surface area contributed by atoms with E-state index in [-0.39, 0.29) is 12.5 Å². The number of benzene rings is 3. The normalized spacial score (nSPS) is 10.6. The predicted molar refractivity (Wildman–Crippen MR) is 121 cm³/mol. The van der Waals surface area contributed by atoms with Crippen LogP contribution in [-0.2, 0) is 4.79 Å². The molecule has 3 rings (SSSR count). The van der Waals surface area contributed by atoms with Crippen LogP contribution in [0, 0.1) is 6.92 Å². The smallest absolute Gasteiger partial charge is 0.262 e. The quantitative estimate of drug-likeness (QED) is 0.389. The van der Waals surface area contributed by atoms with Gasteiger partial charge in [0, 0.05) is 10.7 Å². The van der Waals surface area contributed by atoms with Crippen molar-refractivity contribution < 1.29 is 14.3 Å². The molecule has 0 saturated heterocycles. The molecule has 0 bridgehead atoms. The highest BCUT2D eigenvalue weighted by molar-refractivity contribution is 6.30. The van der Waals surface area contributed by atoms with Crippen molar-refractivity contribution in [2.45, 2.75) is 6.92 Å². The largest absolute Gasteiger partial charge is 0.493 e. The molecule has 3 aromatic carbocycles. The van der Waals surface area contributed by atoms with Crippen LogP contribution in [0.3, 0.4) is 0 Å². The molecular formula is C23H22ClN3O3. The van der Waals surface area contributed by atoms with Gasteiger partial charge in [-0.3, -0.25) is 10.2 Å². The molecule has 6 nitrogen and oxygen atoms in total. The second kappa shape index (κ2) is 10.3. The zero-order valence-corrected chi connectivity index (χ0v) is 17.4. The molecule has 0 heterocycles. The molecule has 0 radical (unpaired) electrons. The van der Waals surface area contributed by atoms with Crippen LogP contribution in [-0.4, -0.2) is 25.8 Å². The number of hydrazone groups is 1. The number of amides is 1. The Hall–Kier alpha value is -3.51. The second-order valence-electron chi connectivity index (χ2n) is 6.49. The standard InChI is InChI=1S/C23H22ClN3O3/c1-16-3-8-19(9-4-16)26-23(28)15-30-21-12-5-17(13-22(21)29-2)14-25-27-20-10-6-18(24)7-11-20/h3-14,27H,15H2,1-2H3,(H,26,28)/b25-14-. The average molecular weight is 424 g/mol. The van der Waals surface area contributed by atoms with Gasteiger partial charge in [0.1, 0.15) is 0 Å². The monoisotopic (exact) mass is 423 g/mol. The van der Waals surface area contributed by atoms with Crippen molar-refractivity contribution >= 4 is 35.1 Å². The molecule has 0 aromatic heterocycles. The summed E-state index contributed by atoms with van der Waals surface area (Å²) >= 11 is 5.86. The number of hydrogen-bond donors (Lipinski definition) is 2. The summed E-state index contributed by atoms with van der Waals surface area (Å²) in [6.45, 7) is 1.86. The van der Waals surface area contributed by atoms with Crippen molar-refractivity contribution in [2.24, 2.45) is 5.10 Å². The summed E-state index contributed by atoms with van der Waals surface area (Å²) in [5.74, 6) is 0.728. The molecule has 0 atom stereocenters. The average Bonchev–Trinajstić information content (AvgIpc) is 2.75. The van der Waals surface area contributed by atoms with E-state index >= 15 is 0 Å². The van der Waals surface area contributed by atoms with Crippen LogP contribution >= 0.6 is 11.6 Å². The Kier molecular flexibility index (Phi) is 7.29. The maximum absolute atomic E-state index is 12.1. The minimum atomic E-state index is -0.251. The van der Waals surface area contributed by atoms with Gasteiger partial charge in [0.15, 0.2) is 18.1 Å². The van der Waals surface area contributed by atoms with E-state index in [9.17, 15) is 4.79 Å². The molecule has 1 amide bonds. The molecule has 30 heavy (non-hydrogen) atoms. The molecule has 0 fully saturated rings. The molecule has 0 aliphatic rings. The topological polar surface area (TPSA) is 71.9 Å². The van der Waals surface area contributed by atoms with E-state index in [0.29, 0.717) is 16.5 Å². The molecule has 154 valence electrons. The summed E-state index contributed by atoms with van der Waals surface area (Å²) in [7, 11) is 1.54. The second-order valence-corrected chi connectivity index (χ2v) is 6.93. The van der Waals surface area contributed by atoms with E-state index in [1.807, 2.05) is 49.4 Å². The summed E-state index contributed by atoms with van der Waals surface area (Å²) in [6.07, 6.45) is 1.66. The highest BCUT2D eigenvalue weighted by Crippen LogP contribution is 2.27. The van der Waals surface area contributed by atoms with Crippen molar-refractivity contribution in [3.8, 4) is 11.5 Å². The minimum absolute atomic E-state index is 0.129. The van der Waals surface area contributed by atoms with Crippen LogP contribution in [0.5, 0.6) is 11.5 Å². The summed E-state index contributed by atoms with van der Waals surface area (Å²) < 4.78 is 11.0. The molecule has 3 aromatic rings. The number of methoxy groups -OCH3 is 1. The van der Waals surface area contributed by atoms with Crippen LogP contribution in [0.1, 0.15) is 11.1 Å². The number of ether oxygens (including phenoxy) is 2. The Labute approximate surface area is 180 Å². The Morgan fingerprint density at radius 3 is 2.40 bits per heavy atom. The number of anilines is 2. The molecule has 0 aliphatic carbocycles. The number of nitrogens with zero attached hydrogens (tertiary/aromatic N) is 1. The van der Waals surface area contributed by atoms with Crippen molar-refractivity contribution in [1.29, 1.82) is 0 Å². The zero-order chi connectivity index (χ0) is 21.3. The minimum Gasteiger partial charge on any atom is -0.493 e. The van der Waals surface area contributed by atoms with Crippen LogP contribution < -0.4 is 20.2 Å². The number of carbonyl (C=O) groups is 1. The fourth-order valence-corrected chi connectivity index (χ4v) is 2.69. The van der Waals surface area contributed by atoms with Gasteiger partial charge in [0.05, 0.1) is 19.0 Å². The first kappa shape index (κ1) is 21.2. The lowest BCUT2D eigenvalue weighted by molar-refractivity contribution is -0.118. The molecule has 0 saturated carbocycles. The number of hydrogen-bond acceptors (Lipinski definition) is 5. The molecule has 0 spiro atoms. The van der Waals surface area contributed by atoms with Gasteiger partial charge in [-0.1, -0.05) is 29.3 Å². The third-order valence-electron chi connectivity index (χ3n) is 4.13. The third kappa shape index (κ3) is 6.25. The van der Waals surface area contributed by atoms with E-state index in [0.717, 1.165) is 22.5 Å². The number of carbonyl (C=O) groups excluding carboxylic acids is 1. The van der Waals surface area contributed by atoms with Gasteiger partial charge in [0.2, 0.25) is 0 Å². The fourth-order valence-electron chi connectivity index (χ4n) is 2.57. The highest BCUT2D eigenvalue weighted by Gasteiger charge is 2.09. The molecule has 0 aliphatic heterocycles. The zero-order valence-electron chi connectivity index (χ0n) is 16.7. The summed E-state index contributed by atoms with van der Waals surface area (Å²) in [4.78, 5) is 12.1. The number of halogens is 1. The van der Waals surface area contributed by atoms with Crippen molar-refractivity contribution in [3.63, 3.8) is 0 Å². The van der Waals surface area contributed by atoms with Crippen LogP contribution in [0.15, 0.2) is 71.8 Å². The number of rotatable bonds is 8. The summed E-state index contributed by atoms with van der Waals surface area (Å²) in [5.41, 5.74) is 6.41. The highest BCUT2D eigenvalue weighted by atomic mass is 35.5. The van der Waals surface area contributed by atoms with E-state index in [1.54, 1.807) is 37.6 Å². The Bertz CT molecular complexity index is 1020. The van der Waals surface area contributed by atoms with Crippen molar-refractivity contribution in [3.05, 3.63) is 82.9 Å². The Morgan fingerprint density at radius 1 is 1.00 bits per heavy atom. The number of aryl methyl sites for hydroxylation is 1. The van der Waals surface area contributed by atoms with Crippen molar-refractivity contribution in [2.75, 3.05) is 24.5 Å². The van der Waals surface area contributed by atoms with Crippen LogP contribution in [0.25, 0.3) is 0 Å². The van der Waals surface area contributed by atoms with Gasteiger partial charge >= 0.3 is 0 Å². The van der Waals surface area contributed by atoms with E-state index in [2.05, 4.69) is 15.8 Å².